The molecule has 0 spiro atoms. The molecule has 0 saturated heterocycles. The molecule has 0 bridgehead atoms. The first kappa shape index (κ1) is 22.7. The predicted octanol–water partition coefficient (Wildman–Crippen LogP) is 5.43. The van der Waals surface area contributed by atoms with Crippen LogP contribution >= 0.6 is 23.1 Å². The van der Waals surface area contributed by atoms with Gasteiger partial charge in [0, 0.05) is 30.2 Å². The molecule has 0 aliphatic heterocycles. The number of hydrogen-bond acceptors (Lipinski definition) is 5. The van der Waals surface area contributed by atoms with E-state index in [-0.39, 0.29) is 17.5 Å². The summed E-state index contributed by atoms with van der Waals surface area (Å²) in [6.45, 7) is 7.27. The molecule has 2 aromatic carbocycles. The summed E-state index contributed by atoms with van der Waals surface area (Å²) in [6, 6.07) is 10.7. The van der Waals surface area contributed by atoms with Gasteiger partial charge in [0.15, 0.2) is 5.13 Å². The Morgan fingerprint density at radius 3 is 2.43 bits per heavy atom. The Morgan fingerprint density at radius 1 is 1.03 bits per heavy atom. The SMILES string of the molecule is CCN(CC)CCN(C(=O)CCSc1ccc(F)cc1)c1nc2ccc(F)cc2s1. The van der Waals surface area contributed by atoms with Gasteiger partial charge in [-0.05, 0) is 55.6 Å². The van der Waals surface area contributed by atoms with E-state index < -0.39 is 0 Å². The molecule has 1 amide bonds. The topological polar surface area (TPSA) is 36.4 Å². The van der Waals surface area contributed by atoms with E-state index in [1.807, 2.05) is 0 Å². The Morgan fingerprint density at radius 2 is 1.73 bits per heavy atom. The third kappa shape index (κ3) is 6.00. The van der Waals surface area contributed by atoms with Gasteiger partial charge in [0.1, 0.15) is 11.6 Å². The van der Waals surface area contributed by atoms with Crippen molar-refractivity contribution < 1.29 is 13.6 Å². The molecule has 0 unspecified atom stereocenters. The zero-order valence-corrected chi connectivity index (χ0v) is 18.7. The van der Waals surface area contributed by atoms with E-state index in [0.717, 1.165) is 29.2 Å². The van der Waals surface area contributed by atoms with E-state index in [2.05, 4.69) is 23.7 Å². The summed E-state index contributed by atoms with van der Waals surface area (Å²) in [5.74, 6) is -0.0119. The lowest BCUT2D eigenvalue weighted by atomic mass is 10.3. The smallest absolute Gasteiger partial charge is 0.229 e. The molecule has 30 heavy (non-hydrogen) atoms. The number of thioether (sulfide) groups is 1. The van der Waals surface area contributed by atoms with E-state index in [1.165, 1.54) is 47.4 Å². The van der Waals surface area contributed by atoms with Gasteiger partial charge < -0.3 is 4.90 Å². The number of anilines is 1. The van der Waals surface area contributed by atoms with E-state index in [0.29, 0.717) is 29.4 Å². The number of carbonyl (C=O) groups excluding carboxylic acids is 1. The maximum absolute atomic E-state index is 13.6. The van der Waals surface area contributed by atoms with E-state index in [9.17, 15) is 13.6 Å². The highest BCUT2D eigenvalue weighted by Crippen LogP contribution is 2.30. The lowest BCUT2D eigenvalue weighted by Crippen LogP contribution is -2.39. The number of hydrogen-bond donors (Lipinski definition) is 0. The standard InChI is InChI=1S/C22H25F2N3OS2/c1-3-26(4-2)12-13-27(22-25-19-10-7-17(24)15-20(19)30-22)21(28)11-14-29-18-8-5-16(23)6-9-18/h5-10,15H,3-4,11-14H2,1-2H3. The van der Waals surface area contributed by atoms with Crippen LogP contribution in [0.15, 0.2) is 47.4 Å². The first-order chi connectivity index (χ1) is 14.5. The number of aromatic nitrogens is 1. The Balaban J connectivity index is 1.71. The largest absolute Gasteiger partial charge is 0.302 e. The van der Waals surface area contributed by atoms with E-state index in [4.69, 9.17) is 0 Å². The van der Waals surface area contributed by atoms with Crippen molar-refractivity contribution in [2.75, 3.05) is 36.8 Å². The van der Waals surface area contributed by atoms with Crippen LogP contribution < -0.4 is 4.90 Å². The fourth-order valence-electron chi connectivity index (χ4n) is 3.03. The first-order valence-electron chi connectivity index (χ1n) is 9.97. The highest BCUT2D eigenvalue weighted by Gasteiger charge is 2.20. The highest BCUT2D eigenvalue weighted by atomic mass is 32.2. The Labute approximate surface area is 183 Å². The van der Waals surface area contributed by atoms with Crippen molar-refractivity contribution in [3.05, 3.63) is 54.1 Å². The molecule has 0 N–H and O–H groups in total. The van der Waals surface area contributed by atoms with Crippen LogP contribution in [0.5, 0.6) is 0 Å². The minimum Gasteiger partial charge on any atom is -0.302 e. The van der Waals surface area contributed by atoms with Gasteiger partial charge in [-0.25, -0.2) is 13.8 Å². The zero-order valence-electron chi connectivity index (χ0n) is 17.1. The summed E-state index contributed by atoms with van der Waals surface area (Å²) in [4.78, 5) is 22.5. The molecule has 160 valence electrons. The highest BCUT2D eigenvalue weighted by molar-refractivity contribution is 7.99. The second-order valence-corrected chi connectivity index (χ2v) is 8.91. The molecule has 0 saturated carbocycles. The minimum absolute atomic E-state index is 0.0173. The molecule has 0 atom stereocenters. The van der Waals surface area contributed by atoms with Crippen LogP contribution in [0.2, 0.25) is 0 Å². The number of thiazole rings is 1. The Bertz CT molecular complexity index is 974. The second kappa shape index (κ2) is 10.8. The fraction of sp³-hybridized carbons (Fsp3) is 0.364. The summed E-state index contributed by atoms with van der Waals surface area (Å²) in [5, 5.41) is 0.597. The van der Waals surface area contributed by atoms with Crippen LogP contribution in [0.1, 0.15) is 20.3 Å². The van der Waals surface area contributed by atoms with Crippen LogP contribution in [-0.4, -0.2) is 47.7 Å². The number of rotatable bonds is 10. The minimum atomic E-state index is -0.311. The molecule has 3 aromatic rings. The summed E-state index contributed by atoms with van der Waals surface area (Å²) >= 11 is 2.85. The number of benzene rings is 2. The van der Waals surface area contributed by atoms with Crippen LogP contribution in [0.4, 0.5) is 13.9 Å². The summed E-state index contributed by atoms with van der Waals surface area (Å²) in [5.41, 5.74) is 0.692. The van der Waals surface area contributed by atoms with Gasteiger partial charge in [-0.2, -0.15) is 0 Å². The number of halogens is 2. The summed E-state index contributed by atoms with van der Waals surface area (Å²) in [6.07, 6.45) is 0.338. The number of fused-ring (bicyclic) bond motifs is 1. The molecular weight excluding hydrogens is 424 g/mol. The van der Waals surface area contributed by atoms with Crippen molar-refractivity contribution >= 4 is 44.4 Å². The fourth-order valence-corrected chi connectivity index (χ4v) is 4.91. The van der Waals surface area contributed by atoms with E-state index >= 15 is 0 Å². The van der Waals surface area contributed by atoms with Crippen molar-refractivity contribution in [2.45, 2.75) is 25.2 Å². The molecule has 0 radical (unpaired) electrons. The zero-order chi connectivity index (χ0) is 21.5. The van der Waals surface area contributed by atoms with Crippen molar-refractivity contribution in [3.8, 4) is 0 Å². The molecule has 0 aliphatic carbocycles. The molecule has 3 rings (SSSR count). The number of amides is 1. The molecule has 1 heterocycles. The second-order valence-electron chi connectivity index (χ2n) is 6.73. The van der Waals surface area contributed by atoms with Crippen molar-refractivity contribution in [2.24, 2.45) is 0 Å². The summed E-state index contributed by atoms with van der Waals surface area (Å²) in [7, 11) is 0. The predicted molar refractivity (Wildman–Crippen MR) is 121 cm³/mol. The summed E-state index contributed by atoms with van der Waals surface area (Å²) < 4.78 is 27.3. The van der Waals surface area contributed by atoms with Gasteiger partial charge in [0.2, 0.25) is 5.91 Å². The number of carbonyl (C=O) groups is 1. The number of nitrogens with zero attached hydrogens (tertiary/aromatic N) is 3. The van der Waals surface area contributed by atoms with Gasteiger partial charge in [-0.15, -0.1) is 11.8 Å². The van der Waals surface area contributed by atoms with Crippen LogP contribution in [0.3, 0.4) is 0 Å². The molecule has 1 aromatic heterocycles. The first-order valence-corrected chi connectivity index (χ1v) is 11.8. The molecule has 4 nitrogen and oxygen atoms in total. The van der Waals surface area contributed by atoms with Gasteiger partial charge >= 0.3 is 0 Å². The van der Waals surface area contributed by atoms with Crippen LogP contribution in [-0.2, 0) is 4.79 Å². The van der Waals surface area contributed by atoms with Gasteiger partial charge in [-0.1, -0.05) is 25.2 Å². The lowest BCUT2D eigenvalue weighted by molar-refractivity contribution is -0.118. The monoisotopic (exact) mass is 449 g/mol. The van der Waals surface area contributed by atoms with Crippen molar-refractivity contribution in [1.29, 1.82) is 0 Å². The molecule has 8 heteroatoms. The van der Waals surface area contributed by atoms with Crippen LogP contribution in [0, 0.1) is 11.6 Å². The van der Waals surface area contributed by atoms with Gasteiger partial charge in [0.25, 0.3) is 0 Å². The number of likely N-dealkylation sites (N-methyl/N-ethyl adjacent to an activating group) is 1. The van der Waals surface area contributed by atoms with E-state index in [1.54, 1.807) is 23.1 Å². The van der Waals surface area contributed by atoms with Crippen LogP contribution in [0.25, 0.3) is 10.2 Å². The van der Waals surface area contributed by atoms with Crippen molar-refractivity contribution in [1.82, 2.24) is 9.88 Å². The Hall–Kier alpha value is -2.03. The maximum atomic E-state index is 13.6. The lowest BCUT2D eigenvalue weighted by Gasteiger charge is -2.24. The van der Waals surface area contributed by atoms with Crippen molar-refractivity contribution in [3.63, 3.8) is 0 Å². The molecular formula is C22H25F2N3OS2. The average Bonchev–Trinajstić information content (AvgIpc) is 3.15. The third-order valence-corrected chi connectivity index (χ3v) is 6.86. The quantitative estimate of drug-likeness (QED) is 0.387. The average molecular weight is 450 g/mol. The van der Waals surface area contributed by atoms with Gasteiger partial charge in [0.05, 0.1) is 10.2 Å². The molecule has 0 fully saturated rings. The van der Waals surface area contributed by atoms with Gasteiger partial charge in [-0.3, -0.25) is 9.69 Å². The maximum Gasteiger partial charge on any atom is 0.229 e. The Kier molecular flexibility index (Phi) is 8.18. The molecule has 0 aliphatic rings. The normalized spacial score (nSPS) is 11.4. The third-order valence-electron chi connectivity index (χ3n) is 4.80.